The molecule has 0 saturated carbocycles. The first-order valence-corrected chi connectivity index (χ1v) is 5.81. The van der Waals surface area contributed by atoms with Gasteiger partial charge in [0.2, 0.25) is 0 Å². The van der Waals surface area contributed by atoms with Crippen LogP contribution in [0.3, 0.4) is 0 Å². The minimum Gasteiger partial charge on any atom is -0.480 e. The lowest BCUT2D eigenvalue weighted by Crippen LogP contribution is -2.51. The quantitative estimate of drug-likeness (QED) is 0.553. The van der Waals surface area contributed by atoms with Crippen molar-refractivity contribution in [3.8, 4) is 0 Å². The van der Waals surface area contributed by atoms with Crippen LogP contribution >= 0.6 is 0 Å². The van der Waals surface area contributed by atoms with Crippen molar-refractivity contribution in [2.45, 2.75) is 6.04 Å². The Hall–Kier alpha value is -1.38. The van der Waals surface area contributed by atoms with Gasteiger partial charge in [0.25, 0.3) is 0 Å². The van der Waals surface area contributed by atoms with Crippen molar-refractivity contribution in [3.05, 3.63) is 0 Å². The van der Waals surface area contributed by atoms with E-state index in [2.05, 4.69) is 5.32 Å². The first-order valence-electron chi connectivity index (χ1n) is 5.81. The zero-order valence-electron chi connectivity index (χ0n) is 11.5. The third kappa shape index (κ3) is 7.60. The molecule has 0 saturated heterocycles. The number of carbonyl (C=O) groups excluding carboxylic acids is 1. The summed E-state index contributed by atoms with van der Waals surface area (Å²) in [6, 6.07) is -1.57. The van der Waals surface area contributed by atoms with E-state index in [1.807, 2.05) is 0 Å². The highest BCUT2D eigenvalue weighted by Gasteiger charge is 2.22. The van der Waals surface area contributed by atoms with Gasteiger partial charge in [-0.2, -0.15) is 0 Å². The van der Waals surface area contributed by atoms with Crippen LogP contribution in [0.5, 0.6) is 0 Å². The highest BCUT2D eigenvalue weighted by molar-refractivity contribution is 5.82. The van der Waals surface area contributed by atoms with E-state index in [1.54, 1.807) is 0 Å². The molecule has 0 radical (unpaired) electrons. The van der Waals surface area contributed by atoms with Gasteiger partial charge in [0.15, 0.2) is 6.04 Å². The normalized spacial score (nSPS) is 11.9. The van der Waals surface area contributed by atoms with Crippen molar-refractivity contribution >= 4 is 12.0 Å². The predicted molar refractivity (Wildman–Crippen MR) is 67.2 cm³/mol. The summed E-state index contributed by atoms with van der Waals surface area (Å²) in [4.78, 5) is 24.3. The molecule has 0 aromatic heterocycles. The average molecular weight is 278 g/mol. The van der Waals surface area contributed by atoms with Crippen LogP contribution in [0.4, 0.5) is 4.79 Å². The van der Waals surface area contributed by atoms with E-state index in [4.69, 9.17) is 19.3 Å². The highest BCUT2D eigenvalue weighted by Crippen LogP contribution is 1.94. The van der Waals surface area contributed by atoms with Crippen LogP contribution in [0, 0.1) is 0 Å². The van der Waals surface area contributed by atoms with Crippen LogP contribution in [0.15, 0.2) is 0 Å². The Labute approximate surface area is 112 Å². The van der Waals surface area contributed by atoms with Crippen molar-refractivity contribution in [3.63, 3.8) is 0 Å². The van der Waals surface area contributed by atoms with E-state index in [0.29, 0.717) is 26.3 Å². The second-order valence-electron chi connectivity index (χ2n) is 3.77. The van der Waals surface area contributed by atoms with E-state index < -0.39 is 18.0 Å². The predicted octanol–water partition coefficient (Wildman–Crippen LogP) is -0.610. The molecule has 0 bridgehead atoms. The van der Waals surface area contributed by atoms with Crippen molar-refractivity contribution in [1.29, 1.82) is 0 Å². The van der Waals surface area contributed by atoms with Crippen molar-refractivity contribution in [2.75, 3.05) is 54.2 Å². The maximum atomic E-state index is 11.9. The van der Waals surface area contributed by atoms with Crippen LogP contribution in [-0.2, 0) is 19.0 Å². The number of hydrogen-bond acceptors (Lipinski definition) is 5. The van der Waals surface area contributed by atoms with Gasteiger partial charge in [-0.3, -0.25) is 0 Å². The lowest BCUT2D eigenvalue weighted by Gasteiger charge is -2.24. The number of hydrogen-bond donors (Lipinski definition) is 2. The number of carbonyl (C=O) groups is 2. The number of rotatable bonds is 10. The molecule has 19 heavy (non-hydrogen) atoms. The van der Waals surface area contributed by atoms with Gasteiger partial charge in [0, 0.05) is 34.4 Å². The zero-order valence-corrected chi connectivity index (χ0v) is 11.5. The zero-order chi connectivity index (χ0) is 14.7. The van der Waals surface area contributed by atoms with E-state index >= 15 is 0 Å². The maximum absolute atomic E-state index is 11.9. The number of aliphatic carboxylic acids is 1. The van der Waals surface area contributed by atoms with Gasteiger partial charge in [0.05, 0.1) is 19.8 Å². The molecule has 2 amide bonds. The smallest absolute Gasteiger partial charge is 0.328 e. The molecule has 0 rings (SSSR count). The van der Waals surface area contributed by atoms with Gasteiger partial charge in [-0.25, -0.2) is 9.59 Å². The third-order valence-corrected chi connectivity index (χ3v) is 2.35. The van der Waals surface area contributed by atoms with E-state index in [1.165, 1.54) is 26.2 Å². The second-order valence-corrected chi connectivity index (χ2v) is 3.77. The van der Waals surface area contributed by atoms with Crippen LogP contribution in [-0.4, -0.2) is 82.3 Å². The van der Waals surface area contributed by atoms with E-state index in [0.717, 1.165) is 0 Å². The largest absolute Gasteiger partial charge is 0.480 e. The Morgan fingerprint density at radius 2 is 1.63 bits per heavy atom. The standard InChI is InChI=1S/C11H22N2O6/c1-17-6-4-13(5-7-18-2)11(16)12-9(8-19-3)10(14)15/h9H,4-8H2,1-3H3,(H,12,16)(H,14,15). The average Bonchev–Trinajstić information content (AvgIpc) is 2.38. The lowest BCUT2D eigenvalue weighted by molar-refractivity contribution is -0.140. The second kappa shape index (κ2) is 10.5. The molecule has 1 atom stereocenters. The Morgan fingerprint density at radius 1 is 1.11 bits per heavy atom. The van der Waals surface area contributed by atoms with E-state index in [9.17, 15) is 9.59 Å². The monoisotopic (exact) mass is 278 g/mol. The number of methoxy groups -OCH3 is 3. The lowest BCUT2D eigenvalue weighted by atomic mass is 10.3. The molecule has 0 spiro atoms. The van der Waals surface area contributed by atoms with E-state index in [-0.39, 0.29) is 6.61 Å². The number of carboxylic acids is 1. The fraction of sp³-hybridized carbons (Fsp3) is 0.818. The molecular weight excluding hydrogens is 256 g/mol. The van der Waals surface area contributed by atoms with Gasteiger partial charge in [-0.15, -0.1) is 0 Å². The maximum Gasteiger partial charge on any atom is 0.328 e. The minimum absolute atomic E-state index is 0.0938. The molecule has 1 unspecified atom stereocenters. The molecule has 8 heteroatoms. The number of amides is 2. The van der Waals surface area contributed by atoms with Gasteiger partial charge >= 0.3 is 12.0 Å². The summed E-state index contributed by atoms with van der Waals surface area (Å²) in [6.07, 6.45) is 0. The fourth-order valence-electron chi connectivity index (χ4n) is 1.30. The van der Waals surface area contributed by atoms with Crippen LogP contribution in [0.25, 0.3) is 0 Å². The molecule has 112 valence electrons. The molecule has 0 aliphatic carbocycles. The van der Waals surface area contributed by atoms with Gasteiger partial charge in [-0.1, -0.05) is 0 Å². The minimum atomic E-state index is -1.14. The summed E-state index contributed by atoms with van der Waals surface area (Å²) in [6.45, 7) is 1.33. The first-order chi connectivity index (χ1) is 9.06. The van der Waals surface area contributed by atoms with Gasteiger partial charge in [0.1, 0.15) is 0 Å². The number of nitrogens with zero attached hydrogens (tertiary/aromatic N) is 1. The molecular formula is C11H22N2O6. The molecule has 0 heterocycles. The molecule has 0 aliphatic heterocycles. The molecule has 0 aromatic carbocycles. The Kier molecular flexibility index (Phi) is 9.77. The number of carboxylic acid groups (broad SMARTS) is 1. The summed E-state index contributed by atoms with van der Waals surface area (Å²) in [5.74, 6) is -1.14. The Balaban J connectivity index is 4.44. The Bertz CT molecular complexity index is 266. The summed E-state index contributed by atoms with van der Waals surface area (Å²) < 4.78 is 14.5. The topological polar surface area (TPSA) is 97.3 Å². The molecule has 0 fully saturated rings. The SMILES string of the molecule is COCCN(CCOC)C(=O)NC(COC)C(=O)O. The summed E-state index contributed by atoms with van der Waals surface area (Å²) in [7, 11) is 4.42. The highest BCUT2D eigenvalue weighted by atomic mass is 16.5. The van der Waals surface area contributed by atoms with Crippen LogP contribution in [0.2, 0.25) is 0 Å². The summed E-state index contributed by atoms with van der Waals surface area (Å²) >= 11 is 0. The summed E-state index contributed by atoms with van der Waals surface area (Å²) in [5, 5.41) is 11.3. The van der Waals surface area contributed by atoms with Crippen molar-refractivity contribution in [1.82, 2.24) is 10.2 Å². The molecule has 2 N–H and O–H groups in total. The van der Waals surface area contributed by atoms with Gasteiger partial charge < -0.3 is 29.5 Å². The molecule has 8 nitrogen and oxygen atoms in total. The first kappa shape index (κ1) is 17.6. The number of nitrogens with one attached hydrogen (secondary N) is 1. The van der Waals surface area contributed by atoms with Crippen LogP contribution < -0.4 is 5.32 Å². The van der Waals surface area contributed by atoms with Crippen LogP contribution in [0.1, 0.15) is 0 Å². The fourth-order valence-corrected chi connectivity index (χ4v) is 1.30. The number of ether oxygens (including phenoxy) is 3. The summed E-state index contributed by atoms with van der Waals surface area (Å²) in [5.41, 5.74) is 0. The molecule has 0 aromatic rings. The third-order valence-electron chi connectivity index (χ3n) is 2.35. The number of urea groups is 1. The van der Waals surface area contributed by atoms with Crippen molar-refractivity contribution in [2.24, 2.45) is 0 Å². The van der Waals surface area contributed by atoms with Gasteiger partial charge in [-0.05, 0) is 0 Å². The Morgan fingerprint density at radius 3 is 2.00 bits per heavy atom. The van der Waals surface area contributed by atoms with Crippen molar-refractivity contribution < 1.29 is 28.9 Å². The molecule has 0 aliphatic rings.